The number of hydrogen-bond acceptors (Lipinski definition) is 3. The number of aromatic nitrogens is 2. The molecule has 0 fully saturated rings. The Balaban J connectivity index is 1.98. The van der Waals surface area contributed by atoms with Crippen LogP contribution in [0.2, 0.25) is 0 Å². The summed E-state index contributed by atoms with van der Waals surface area (Å²) in [6, 6.07) is 7.75. The molecule has 0 unspecified atom stereocenters. The molecule has 1 amide bonds. The molecule has 0 spiro atoms. The molecule has 0 bridgehead atoms. The number of nitrogens with one attached hydrogen (secondary N) is 1. The first-order valence-corrected chi connectivity index (χ1v) is 7.96. The average Bonchev–Trinajstić information content (AvgIpc) is 2.47. The van der Waals surface area contributed by atoms with Gasteiger partial charge in [0.05, 0.1) is 12.1 Å². The van der Waals surface area contributed by atoms with E-state index < -0.39 is 0 Å². The molecule has 1 aromatic carbocycles. The molecule has 4 nitrogen and oxygen atoms in total. The van der Waals surface area contributed by atoms with Crippen LogP contribution in [0.15, 0.2) is 41.3 Å². The smallest absolute Gasteiger partial charge is 0.224 e. The average molecular weight is 362 g/mol. The number of benzene rings is 1. The van der Waals surface area contributed by atoms with Crippen molar-refractivity contribution in [3.05, 3.63) is 58.1 Å². The van der Waals surface area contributed by atoms with Gasteiger partial charge >= 0.3 is 0 Å². The fraction of sp³-hybridized carbons (Fsp3) is 0.353. The molecular formula is C17H20BrN3O. The van der Waals surface area contributed by atoms with Gasteiger partial charge in [0.1, 0.15) is 6.33 Å². The van der Waals surface area contributed by atoms with Crippen molar-refractivity contribution in [2.75, 3.05) is 0 Å². The molecule has 0 aliphatic heterocycles. The highest BCUT2D eigenvalue weighted by atomic mass is 79.9. The van der Waals surface area contributed by atoms with Gasteiger partial charge in [-0.2, -0.15) is 0 Å². The normalized spacial score (nSPS) is 11.3. The predicted molar refractivity (Wildman–Crippen MR) is 90.4 cm³/mol. The lowest BCUT2D eigenvalue weighted by atomic mass is 9.89. The van der Waals surface area contributed by atoms with Gasteiger partial charge in [0.25, 0.3) is 0 Å². The summed E-state index contributed by atoms with van der Waals surface area (Å²) in [5.41, 5.74) is 2.83. The van der Waals surface area contributed by atoms with E-state index in [9.17, 15) is 4.79 Å². The molecule has 0 saturated carbocycles. The second-order valence-electron chi connectivity index (χ2n) is 6.23. The minimum Gasteiger partial charge on any atom is -0.352 e. The monoisotopic (exact) mass is 361 g/mol. The minimum atomic E-state index is -0.0747. The van der Waals surface area contributed by atoms with E-state index in [1.807, 2.05) is 24.3 Å². The van der Waals surface area contributed by atoms with E-state index in [0.29, 0.717) is 13.0 Å². The van der Waals surface area contributed by atoms with E-state index in [4.69, 9.17) is 0 Å². The molecule has 0 aliphatic carbocycles. The van der Waals surface area contributed by atoms with Crippen molar-refractivity contribution in [2.24, 2.45) is 0 Å². The van der Waals surface area contributed by atoms with Crippen LogP contribution in [0.1, 0.15) is 37.6 Å². The van der Waals surface area contributed by atoms with Crippen molar-refractivity contribution in [1.82, 2.24) is 15.3 Å². The fourth-order valence-electron chi connectivity index (χ4n) is 2.21. The maximum atomic E-state index is 12.1. The lowest BCUT2D eigenvalue weighted by Gasteiger charge is -2.21. The fourth-order valence-corrected chi connectivity index (χ4v) is 2.47. The molecule has 1 heterocycles. The van der Waals surface area contributed by atoms with Gasteiger partial charge in [0.15, 0.2) is 0 Å². The number of nitrogens with zero attached hydrogens (tertiary/aromatic N) is 2. The Morgan fingerprint density at radius 1 is 1.23 bits per heavy atom. The van der Waals surface area contributed by atoms with Crippen molar-refractivity contribution in [1.29, 1.82) is 0 Å². The van der Waals surface area contributed by atoms with Crippen LogP contribution in [0.4, 0.5) is 0 Å². The van der Waals surface area contributed by atoms with Crippen LogP contribution < -0.4 is 5.32 Å². The van der Waals surface area contributed by atoms with E-state index in [1.165, 1.54) is 0 Å². The summed E-state index contributed by atoms with van der Waals surface area (Å²) >= 11 is 3.39. The maximum absolute atomic E-state index is 12.1. The van der Waals surface area contributed by atoms with E-state index >= 15 is 0 Å². The topological polar surface area (TPSA) is 54.9 Å². The highest BCUT2D eigenvalue weighted by Crippen LogP contribution is 2.22. The molecule has 22 heavy (non-hydrogen) atoms. The third-order valence-corrected chi connectivity index (χ3v) is 3.78. The number of hydrogen-bond donors (Lipinski definition) is 1. The quantitative estimate of drug-likeness (QED) is 0.907. The molecule has 2 rings (SSSR count). The number of carbonyl (C=O) groups excluding carboxylic acids is 1. The van der Waals surface area contributed by atoms with Crippen molar-refractivity contribution >= 4 is 21.8 Å². The second-order valence-corrected chi connectivity index (χ2v) is 7.14. The lowest BCUT2D eigenvalue weighted by Crippen LogP contribution is -2.27. The van der Waals surface area contributed by atoms with E-state index in [1.54, 1.807) is 12.5 Å². The van der Waals surface area contributed by atoms with Gasteiger partial charge in [-0.15, -0.1) is 0 Å². The minimum absolute atomic E-state index is 0.00830. The maximum Gasteiger partial charge on any atom is 0.224 e. The third-order valence-electron chi connectivity index (χ3n) is 3.25. The Kier molecular flexibility index (Phi) is 5.29. The van der Waals surface area contributed by atoms with Crippen LogP contribution in [0.3, 0.4) is 0 Å². The lowest BCUT2D eigenvalue weighted by molar-refractivity contribution is -0.120. The van der Waals surface area contributed by atoms with E-state index in [-0.39, 0.29) is 11.3 Å². The van der Waals surface area contributed by atoms with Gasteiger partial charge in [-0.25, -0.2) is 9.97 Å². The van der Waals surface area contributed by atoms with Gasteiger partial charge < -0.3 is 5.32 Å². The van der Waals surface area contributed by atoms with E-state index in [0.717, 1.165) is 21.3 Å². The summed E-state index contributed by atoms with van der Waals surface area (Å²) in [6.45, 7) is 6.75. The largest absolute Gasteiger partial charge is 0.352 e. The Morgan fingerprint density at radius 2 is 1.91 bits per heavy atom. The van der Waals surface area contributed by atoms with Crippen molar-refractivity contribution in [2.45, 2.75) is 39.2 Å². The van der Waals surface area contributed by atoms with Crippen molar-refractivity contribution in [3.63, 3.8) is 0 Å². The molecule has 0 radical (unpaired) electrons. The highest BCUT2D eigenvalue weighted by Gasteiger charge is 2.19. The van der Waals surface area contributed by atoms with Crippen LogP contribution >= 0.6 is 15.9 Å². The Hall–Kier alpha value is -1.75. The van der Waals surface area contributed by atoms with E-state index in [2.05, 4.69) is 52.0 Å². The molecule has 2 aromatic rings. The van der Waals surface area contributed by atoms with Crippen LogP contribution in [0.25, 0.3) is 0 Å². The summed E-state index contributed by atoms with van der Waals surface area (Å²) < 4.78 is 1.01. The number of carbonyl (C=O) groups is 1. The summed E-state index contributed by atoms with van der Waals surface area (Å²) in [4.78, 5) is 20.5. The first-order valence-electron chi connectivity index (χ1n) is 7.17. The molecule has 116 valence electrons. The summed E-state index contributed by atoms with van der Waals surface area (Å²) in [7, 11) is 0. The highest BCUT2D eigenvalue weighted by molar-refractivity contribution is 9.10. The molecule has 1 N–H and O–H groups in total. The predicted octanol–water partition coefficient (Wildman–Crippen LogP) is 3.40. The summed E-state index contributed by atoms with van der Waals surface area (Å²) in [5.74, 6) is -0.00830. The molecule has 0 saturated heterocycles. The zero-order chi connectivity index (χ0) is 16.2. The number of halogens is 1. The van der Waals surface area contributed by atoms with Gasteiger partial charge in [-0.05, 0) is 17.7 Å². The van der Waals surface area contributed by atoms with Crippen molar-refractivity contribution in [3.8, 4) is 0 Å². The van der Waals surface area contributed by atoms with Gasteiger partial charge in [-0.3, -0.25) is 4.79 Å². The molecular weight excluding hydrogens is 342 g/mol. The first-order chi connectivity index (χ1) is 10.4. The van der Waals surface area contributed by atoms with Gasteiger partial charge in [-0.1, -0.05) is 48.8 Å². The third kappa shape index (κ3) is 4.63. The molecule has 0 aliphatic rings. The first kappa shape index (κ1) is 16.6. The molecule has 1 aromatic heterocycles. The number of rotatable bonds is 4. The van der Waals surface area contributed by atoms with Crippen LogP contribution in [-0.4, -0.2) is 15.9 Å². The zero-order valence-electron chi connectivity index (χ0n) is 13.1. The van der Waals surface area contributed by atoms with Crippen molar-refractivity contribution < 1.29 is 4.79 Å². The standard InChI is InChI=1S/C17H20BrN3O/c1-17(2,3)16-13(9-19-11-21-16)10-20-15(22)8-12-4-6-14(18)7-5-12/h4-7,9,11H,8,10H2,1-3H3,(H,20,22). The summed E-state index contributed by atoms with van der Waals surface area (Å²) in [5, 5.41) is 2.94. The molecule has 5 heteroatoms. The van der Waals surface area contributed by atoms with Gasteiger partial charge in [0, 0.05) is 28.2 Å². The zero-order valence-corrected chi connectivity index (χ0v) is 14.6. The SMILES string of the molecule is CC(C)(C)c1ncncc1CNC(=O)Cc1ccc(Br)cc1. The molecule has 0 atom stereocenters. The number of amides is 1. The second kappa shape index (κ2) is 7.01. The van der Waals surface area contributed by atoms with Crippen LogP contribution in [0, 0.1) is 0 Å². The van der Waals surface area contributed by atoms with Crippen LogP contribution in [-0.2, 0) is 23.2 Å². The van der Waals surface area contributed by atoms with Gasteiger partial charge in [0.2, 0.25) is 5.91 Å². The summed E-state index contributed by atoms with van der Waals surface area (Å²) in [6.07, 6.45) is 3.69. The Morgan fingerprint density at radius 3 is 2.55 bits per heavy atom. The van der Waals surface area contributed by atoms with Crippen LogP contribution in [0.5, 0.6) is 0 Å². The Bertz CT molecular complexity index is 648. The Labute approximate surface area is 139 Å².